The summed E-state index contributed by atoms with van der Waals surface area (Å²) in [4.78, 5) is 28.8. The van der Waals surface area contributed by atoms with Crippen molar-refractivity contribution in [3.63, 3.8) is 0 Å². The monoisotopic (exact) mass is 356 g/mol. The van der Waals surface area contributed by atoms with E-state index in [4.69, 9.17) is 9.15 Å². The van der Waals surface area contributed by atoms with Crippen molar-refractivity contribution in [1.29, 1.82) is 0 Å². The number of aromatic hydroxyl groups is 1. The summed E-state index contributed by atoms with van der Waals surface area (Å²) < 4.78 is 12.0. The van der Waals surface area contributed by atoms with E-state index in [9.17, 15) is 14.7 Å². The Balaban J connectivity index is 1.47. The van der Waals surface area contributed by atoms with Crippen molar-refractivity contribution >= 4 is 33.2 Å². The largest absolute Gasteiger partial charge is 0.508 e. The summed E-state index contributed by atoms with van der Waals surface area (Å²) in [5, 5.41) is 11.9. The fourth-order valence-electron chi connectivity index (χ4n) is 2.53. The first kappa shape index (κ1) is 15.4. The molecular weight excluding hydrogens is 344 g/mol. The van der Waals surface area contributed by atoms with Gasteiger partial charge in [-0.2, -0.15) is 0 Å². The van der Waals surface area contributed by atoms with E-state index in [1.807, 2.05) is 0 Å². The predicted molar refractivity (Wildman–Crippen MR) is 90.7 cm³/mol. The third kappa shape index (κ3) is 2.99. The van der Waals surface area contributed by atoms with E-state index in [0.29, 0.717) is 21.8 Å². The fraction of sp³-hybridized carbons (Fsp3) is 0.118. The second-order valence-corrected chi connectivity index (χ2v) is 6.29. The highest BCUT2D eigenvalue weighted by molar-refractivity contribution is 7.15. The molecule has 3 aromatic heterocycles. The van der Waals surface area contributed by atoms with Gasteiger partial charge in [-0.1, -0.05) is 0 Å². The molecule has 0 aliphatic heterocycles. The molecule has 0 spiro atoms. The molecule has 0 aliphatic rings. The van der Waals surface area contributed by atoms with Crippen LogP contribution >= 0.6 is 11.3 Å². The predicted octanol–water partition coefficient (Wildman–Crippen LogP) is 2.49. The Morgan fingerprint density at radius 1 is 1.36 bits per heavy atom. The summed E-state index contributed by atoms with van der Waals surface area (Å²) in [6, 6.07) is 6.05. The Morgan fingerprint density at radius 2 is 2.24 bits per heavy atom. The van der Waals surface area contributed by atoms with Crippen LogP contribution in [0.15, 0.2) is 51.3 Å². The highest BCUT2D eigenvalue weighted by atomic mass is 32.1. The summed E-state index contributed by atoms with van der Waals surface area (Å²) in [6.07, 6.45) is 3.14. The van der Waals surface area contributed by atoms with Gasteiger partial charge in [0.25, 0.3) is 5.56 Å². The van der Waals surface area contributed by atoms with Gasteiger partial charge >= 0.3 is 5.97 Å². The van der Waals surface area contributed by atoms with Crippen LogP contribution in [0, 0.1) is 0 Å². The minimum atomic E-state index is -0.455. The van der Waals surface area contributed by atoms with E-state index in [0.717, 1.165) is 5.39 Å². The van der Waals surface area contributed by atoms with Crippen LogP contribution in [0.4, 0.5) is 0 Å². The normalized spacial score (nSPS) is 11.2. The number of thiazole rings is 1. The van der Waals surface area contributed by atoms with Gasteiger partial charge in [0.15, 0.2) is 4.96 Å². The zero-order chi connectivity index (χ0) is 17.4. The number of esters is 1. The van der Waals surface area contributed by atoms with Gasteiger partial charge in [-0.05, 0) is 12.1 Å². The van der Waals surface area contributed by atoms with Crippen molar-refractivity contribution in [2.45, 2.75) is 13.0 Å². The SMILES string of the molecule is O=C(Cc1coc2cc(O)ccc12)OCc1cc(=O)n2ccsc2n1. The third-order valence-electron chi connectivity index (χ3n) is 3.71. The van der Waals surface area contributed by atoms with Gasteiger partial charge in [-0.3, -0.25) is 14.0 Å². The molecule has 4 rings (SSSR count). The number of benzene rings is 1. The lowest BCUT2D eigenvalue weighted by atomic mass is 10.1. The van der Waals surface area contributed by atoms with Crippen molar-refractivity contribution in [3.8, 4) is 5.75 Å². The van der Waals surface area contributed by atoms with Gasteiger partial charge in [-0.25, -0.2) is 4.98 Å². The maximum atomic E-state index is 12.1. The van der Waals surface area contributed by atoms with Crippen molar-refractivity contribution < 1.29 is 19.1 Å². The number of carbonyl (C=O) groups excluding carboxylic acids is 1. The van der Waals surface area contributed by atoms with Crippen molar-refractivity contribution in [3.05, 3.63) is 63.7 Å². The van der Waals surface area contributed by atoms with Gasteiger partial charge in [-0.15, -0.1) is 11.3 Å². The topological polar surface area (TPSA) is 94.0 Å². The zero-order valence-corrected chi connectivity index (χ0v) is 13.7. The first-order chi connectivity index (χ1) is 12.1. The number of phenolic OH excluding ortho intramolecular Hbond substituents is 1. The number of phenols is 1. The second kappa shape index (κ2) is 6.06. The summed E-state index contributed by atoms with van der Waals surface area (Å²) in [5.41, 5.74) is 1.36. The minimum absolute atomic E-state index is 0.0258. The standard InChI is InChI=1S/C17H12N2O5S/c20-12-1-2-13-10(8-23-14(13)7-12)5-16(22)24-9-11-6-15(21)19-3-4-25-17(19)18-11/h1-4,6-8,20H,5,9H2. The van der Waals surface area contributed by atoms with Crippen molar-refractivity contribution in [1.82, 2.24) is 9.38 Å². The molecular formula is C17H12N2O5S. The van der Waals surface area contributed by atoms with Crippen LogP contribution in [0.2, 0.25) is 0 Å². The molecule has 4 aromatic rings. The zero-order valence-electron chi connectivity index (χ0n) is 12.8. The highest BCUT2D eigenvalue weighted by Crippen LogP contribution is 2.25. The van der Waals surface area contributed by atoms with Crippen LogP contribution in [0.3, 0.4) is 0 Å². The highest BCUT2D eigenvalue weighted by Gasteiger charge is 2.13. The van der Waals surface area contributed by atoms with Crippen LogP contribution in [0.25, 0.3) is 15.9 Å². The van der Waals surface area contributed by atoms with E-state index >= 15 is 0 Å². The van der Waals surface area contributed by atoms with Crippen LogP contribution < -0.4 is 5.56 Å². The maximum Gasteiger partial charge on any atom is 0.310 e. The van der Waals surface area contributed by atoms with Gasteiger partial charge in [0.05, 0.1) is 18.4 Å². The molecule has 0 aliphatic carbocycles. The maximum absolute atomic E-state index is 12.1. The van der Waals surface area contributed by atoms with Gasteiger partial charge in [0.2, 0.25) is 0 Å². The summed E-state index contributed by atoms with van der Waals surface area (Å²) in [6.45, 7) is -0.0704. The Hall–Kier alpha value is -3.13. The molecule has 0 radical (unpaired) electrons. The first-order valence-corrected chi connectivity index (χ1v) is 8.28. The molecule has 0 saturated heterocycles. The molecule has 0 atom stereocenters. The molecule has 3 heterocycles. The average molecular weight is 356 g/mol. The Morgan fingerprint density at radius 3 is 3.12 bits per heavy atom. The fourth-order valence-corrected chi connectivity index (χ4v) is 3.27. The second-order valence-electron chi connectivity index (χ2n) is 5.42. The number of hydrogen-bond acceptors (Lipinski definition) is 7. The minimum Gasteiger partial charge on any atom is -0.508 e. The van der Waals surface area contributed by atoms with E-state index in [1.54, 1.807) is 17.6 Å². The number of rotatable bonds is 4. The molecule has 8 heteroatoms. The smallest absolute Gasteiger partial charge is 0.310 e. The van der Waals surface area contributed by atoms with Gasteiger partial charge in [0.1, 0.15) is 17.9 Å². The molecule has 7 nitrogen and oxygen atoms in total. The molecule has 25 heavy (non-hydrogen) atoms. The molecule has 126 valence electrons. The lowest BCUT2D eigenvalue weighted by Gasteiger charge is -2.04. The van der Waals surface area contributed by atoms with Crippen LogP contribution in [0.1, 0.15) is 11.3 Å². The molecule has 0 fully saturated rings. The van der Waals surface area contributed by atoms with Crippen molar-refractivity contribution in [2.75, 3.05) is 0 Å². The molecule has 0 unspecified atom stereocenters. The average Bonchev–Trinajstić information content (AvgIpc) is 3.20. The van der Waals surface area contributed by atoms with E-state index < -0.39 is 5.97 Å². The number of aromatic nitrogens is 2. The number of fused-ring (bicyclic) bond motifs is 2. The van der Waals surface area contributed by atoms with Crippen LogP contribution in [0.5, 0.6) is 5.75 Å². The van der Waals surface area contributed by atoms with E-state index in [-0.39, 0.29) is 24.3 Å². The number of hydrogen-bond donors (Lipinski definition) is 1. The quantitative estimate of drug-likeness (QED) is 0.565. The summed E-state index contributed by atoms with van der Waals surface area (Å²) >= 11 is 1.33. The first-order valence-electron chi connectivity index (χ1n) is 7.40. The number of carbonyl (C=O) groups is 1. The lowest BCUT2D eigenvalue weighted by Crippen LogP contribution is -2.15. The number of ether oxygens (including phenoxy) is 1. The molecule has 0 saturated carbocycles. The molecule has 1 N–H and O–H groups in total. The van der Waals surface area contributed by atoms with Gasteiger partial charge < -0.3 is 14.3 Å². The molecule has 1 aromatic carbocycles. The van der Waals surface area contributed by atoms with Crippen molar-refractivity contribution in [2.24, 2.45) is 0 Å². The Kier molecular flexibility index (Phi) is 3.73. The van der Waals surface area contributed by atoms with E-state index in [1.165, 1.54) is 40.2 Å². The number of nitrogens with zero attached hydrogens (tertiary/aromatic N) is 2. The summed E-state index contributed by atoms with van der Waals surface area (Å²) in [7, 11) is 0. The van der Waals surface area contributed by atoms with Gasteiger partial charge in [0, 0.05) is 34.7 Å². The van der Waals surface area contributed by atoms with E-state index in [2.05, 4.69) is 4.98 Å². The molecule has 0 bridgehead atoms. The lowest BCUT2D eigenvalue weighted by molar-refractivity contribution is -0.144. The third-order valence-corrected chi connectivity index (χ3v) is 4.47. The Bertz CT molecular complexity index is 1140. The van der Waals surface area contributed by atoms with Crippen LogP contribution in [-0.4, -0.2) is 20.5 Å². The molecule has 0 amide bonds. The van der Waals surface area contributed by atoms with Crippen LogP contribution in [-0.2, 0) is 22.6 Å². The Labute approximate surface area is 144 Å². The number of furan rings is 1. The summed E-state index contributed by atoms with van der Waals surface area (Å²) in [5.74, 6) is -0.360.